The Morgan fingerprint density at radius 3 is 2.50 bits per heavy atom. The van der Waals surface area contributed by atoms with Gasteiger partial charge in [-0.3, -0.25) is 14.4 Å². The highest BCUT2D eigenvalue weighted by molar-refractivity contribution is 6.01. The molecule has 0 aromatic rings. The number of carbonyl (C=O) groups is 3. The summed E-state index contributed by atoms with van der Waals surface area (Å²) >= 11 is 0. The van der Waals surface area contributed by atoms with Crippen molar-refractivity contribution in [1.29, 1.82) is 0 Å². The fraction of sp³-hybridized carbons (Fsp3) is 0.720. The van der Waals surface area contributed by atoms with Gasteiger partial charge in [0.05, 0.1) is 6.10 Å². The Balaban J connectivity index is 1.89. The van der Waals surface area contributed by atoms with Crippen LogP contribution in [0.2, 0.25) is 0 Å². The molecule has 32 heavy (non-hydrogen) atoms. The molecule has 4 rings (SSSR count). The highest BCUT2D eigenvalue weighted by atomic mass is 19.1. The first-order valence-corrected chi connectivity index (χ1v) is 11.5. The fourth-order valence-electron chi connectivity index (χ4n) is 7.88. The van der Waals surface area contributed by atoms with Gasteiger partial charge in [-0.05, 0) is 49.8 Å². The van der Waals surface area contributed by atoms with E-state index in [2.05, 4.69) is 0 Å². The van der Waals surface area contributed by atoms with Gasteiger partial charge in [-0.15, -0.1) is 0 Å². The zero-order valence-corrected chi connectivity index (χ0v) is 19.3. The Morgan fingerprint density at radius 1 is 1.25 bits per heavy atom. The summed E-state index contributed by atoms with van der Waals surface area (Å²) in [6.45, 7) is 8.07. The topological polar surface area (TPSA) is 80.7 Å². The van der Waals surface area contributed by atoms with Gasteiger partial charge in [-0.25, -0.2) is 8.78 Å². The maximum atomic E-state index is 17.2. The molecule has 0 bridgehead atoms. The first-order chi connectivity index (χ1) is 14.8. The SMILES string of the molecule is CCC(=O)C1(OC(C)=O)C(C)CC2C3CC(F)C4=CC(=O)C=CC4(C)C3(F)C(O)CC21C. The van der Waals surface area contributed by atoms with E-state index in [0.29, 0.717) is 6.42 Å². The average molecular weight is 451 g/mol. The molecule has 0 saturated heterocycles. The number of rotatable bonds is 3. The normalized spacial score (nSPS) is 49.6. The number of hydrogen-bond donors (Lipinski definition) is 1. The third-order valence-corrected chi connectivity index (χ3v) is 9.21. The number of carbonyl (C=O) groups excluding carboxylic acids is 3. The fourth-order valence-corrected chi connectivity index (χ4v) is 7.88. The van der Waals surface area contributed by atoms with Gasteiger partial charge in [0.1, 0.15) is 6.17 Å². The van der Waals surface area contributed by atoms with Gasteiger partial charge in [0.2, 0.25) is 0 Å². The Bertz CT molecular complexity index is 943. The minimum absolute atomic E-state index is 0.0633. The van der Waals surface area contributed by atoms with Crippen molar-refractivity contribution in [2.45, 2.75) is 83.8 Å². The third kappa shape index (κ3) is 2.54. The van der Waals surface area contributed by atoms with Crippen LogP contribution < -0.4 is 0 Å². The summed E-state index contributed by atoms with van der Waals surface area (Å²) in [6.07, 6.45) is 0.923. The van der Waals surface area contributed by atoms with Crippen LogP contribution in [0.1, 0.15) is 60.3 Å². The van der Waals surface area contributed by atoms with Crippen LogP contribution in [-0.4, -0.2) is 46.2 Å². The molecule has 0 aromatic heterocycles. The first kappa shape index (κ1) is 23.3. The molecule has 4 aliphatic carbocycles. The van der Waals surface area contributed by atoms with Crippen molar-refractivity contribution in [3.05, 3.63) is 23.8 Å². The van der Waals surface area contributed by atoms with E-state index in [1.165, 1.54) is 19.1 Å². The van der Waals surface area contributed by atoms with Crippen LogP contribution in [0.3, 0.4) is 0 Å². The Kier molecular flexibility index (Phi) is 5.13. The lowest BCUT2D eigenvalue weighted by Crippen LogP contribution is -2.70. The van der Waals surface area contributed by atoms with Crippen molar-refractivity contribution in [2.75, 3.05) is 0 Å². The molecule has 9 atom stereocenters. The summed E-state index contributed by atoms with van der Waals surface area (Å²) in [5, 5.41) is 11.3. The van der Waals surface area contributed by atoms with Crippen LogP contribution in [0, 0.1) is 28.6 Å². The molecular weight excluding hydrogens is 418 g/mol. The maximum Gasteiger partial charge on any atom is 0.303 e. The number of aliphatic hydroxyl groups excluding tert-OH is 1. The van der Waals surface area contributed by atoms with E-state index in [9.17, 15) is 19.5 Å². The number of allylic oxidation sites excluding steroid dienone is 4. The van der Waals surface area contributed by atoms with Gasteiger partial charge in [-0.2, -0.15) is 0 Å². The van der Waals surface area contributed by atoms with E-state index in [0.717, 1.165) is 6.08 Å². The van der Waals surface area contributed by atoms with Crippen molar-refractivity contribution in [3.8, 4) is 0 Å². The Hall–Kier alpha value is -1.89. The molecule has 0 aromatic carbocycles. The number of alkyl halides is 2. The van der Waals surface area contributed by atoms with E-state index in [-0.39, 0.29) is 30.6 Å². The van der Waals surface area contributed by atoms with Crippen molar-refractivity contribution >= 4 is 17.5 Å². The summed E-state index contributed by atoms with van der Waals surface area (Å²) in [7, 11) is 0. The molecule has 9 unspecified atom stereocenters. The number of ether oxygens (including phenoxy) is 1. The summed E-state index contributed by atoms with van der Waals surface area (Å²) < 4.78 is 38.4. The van der Waals surface area contributed by atoms with Crippen molar-refractivity contribution in [3.63, 3.8) is 0 Å². The molecule has 4 aliphatic rings. The quantitative estimate of drug-likeness (QED) is 0.661. The predicted molar refractivity (Wildman–Crippen MR) is 113 cm³/mol. The second-order valence-corrected chi connectivity index (χ2v) is 10.6. The van der Waals surface area contributed by atoms with Crippen LogP contribution in [-0.2, 0) is 19.1 Å². The molecule has 0 radical (unpaired) electrons. The Labute approximate surface area is 187 Å². The van der Waals surface area contributed by atoms with Gasteiger partial charge in [0.15, 0.2) is 22.8 Å². The molecule has 0 aliphatic heterocycles. The predicted octanol–water partition coefficient (Wildman–Crippen LogP) is 3.83. The zero-order chi connectivity index (χ0) is 23.9. The monoisotopic (exact) mass is 450 g/mol. The van der Waals surface area contributed by atoms with E-state index in [1.54, 1.807) is 20.8 Å². The maximum absolute atomic E-state index is 17.2. The Morgan fingerprint density at radius 2 is 1.91 bits per heavy atom. The number of halogens is 2. The van der Waals surface area contributed by atoms with E-state index < -0.39 is 63.9 Å². The van der Waals surface area contributed by atoms with Crippen LogP contribution in [0.15, 0.2) is 23.8 Å². The van der Waals surface area contributed by atoms with Gasteiger partial charge < -0.3 is 9.84 Å². The summed E-state index contributed by atoms with van der Waals surface area (Å²) in [4.78, 5) is 37.3. The largest absolute Gasteiger partial charge is 0.450 e. The van der Waals surface area contributed by atoms with Crippen LogP contribution in [0.4, 0.5) is 8.78 Å². The molecule has 176 valence electrons. The van der Waals surface area contributed by atoms with E-state index in [4.69, 9.17) is 4.74 Å². The standard InChI is InChI=1S/C25H32F2O5/c1-6-20(30)25(32-14(3)28)13(2)9-16-17-11-19(26)18-10-15(29)7-8-22(18,4)24(17,27)21(31)12-23(16,25)5/h7-8,10,13,16-17,19,21,31H,6,9,11-12H2,1-5H3. The highest BCUT2D eigenvalue weighted by Crippen LogP contribution is 2.71. The summed E-state index contributed by atoms with van der Waals surface area (Å²) in [5.74, 6) is -3.06. The second-order valence-electron chi connectivity index (χ2n) is 10.6. The number of aliphatic hydroxyl groups is 1. The second kappa shape index (κ2) is 7.05. The smallest absolute Gasteiger partial charge is 0.303 e. The number of esters is 1. The number of fused-ring (bicyclic) bond motifs is 5. The first-order valence-electron chi connectivity index (χ1n) is 11.5. The molecule has 7 heteroatoms. The minimum Gasteiger partial charge on any atom is -0.450 e. The highest BCUT2D eigenvalue weighted by Gasteiger charge is 2.77. The molecule has 3 saturated carbocycles. The molecule has 3 fully saturated rings. The molecule has 1 N–H and O–H groups in total. The lowest BCUT2D eigenvalue weighted by molar-refractivity contribution is -0.230. The average Bonchev–Trinajstić information content (AvgIpc) is 2.92. The summed E-state index contributed by atoms with van der Waals surface area (Å²) in [6, 6.07) is 0. The molecule has 5 nitrogen and oxygen atoms in total. The van der Waals surface area contributed by atoms with Crippen LogP contribution in [0.25, 0.3) is 0 Å². The van der Waals surface area contributed by atoms with Gasteiger partial charge in [0.25, 0.3) is 0 Å². The molecular formula is C25H32F2O5. The number of hydrogen-bond acceptors (Lipinski definition) is 5. The minimum atomic E-state index is -2.22. The van der Waals surface area contributed by atoms with E-state index >= 15 is 8.78 Å². The zero-order valence-electron chi connectivity index (χ0n) is 19.3. The van der Waals surface area contributed by atoms with Gasteiger partial charge in [-0.1, -0.05) is 26.8 Å². The lowest BCUT2D eigenvalue weighted by atomic mass is 9.44. The number of Topliss-reactive ketones (excluding diaryl/α,β-unsaturated/α-hetero) is 1. The van der Waals surface area contributed by atoms with Gasteiger partial charge >= 0.3 is 5.97 Å². The van der Waals surface area contributed by atoms with Crippen molar-refractivity contribution < 1.29 is 33.0 Å². The number of ketones is 2. The molecule has 0 heterocycles. The van der Waals surface area contributed by atoms with Crippen molar-refractivity contribution in [1.82, 2.24) is 0 Å². The van der Waals surface area contributed by atoms with Crippen molar-refractivity contribution in [2.24, 2.45) is 28.6 Å². The summed E-state index contributed by atoms with van der Waals surface area (Å²) in [5.41, 5.74) is -6.18. The molecule has 0 spiro atoms. The van der Waals surface area contributed by atoms with Crippen LogP contribution >= 0.6 is 0 Å². The van der Waals surface area contributed by atoms with E-state index in [1.807, 2.05) is 6.92 Å². The lowest BCUT2D eigenvalue weighted by Gasteiger charge is -2.63. The third-order valence-electron chi connectivity index (χ3n) is 9.21. The molecule has 0 amide bonds. The van der Waals surface area contributed by atoms with Crippen LogP contribution in [0.5, 0.6) is 0 Å². The van der Waals surface area contributed by atoms with Gasteiger partial charge in [0, 0.05) is 36.0 Å².